The van der Waals surface area contributed by atoms with E-state index < -0.39 is 34.7 Å². The highest BCUT2D eigenvalue weighted by atomic mass is 19.1. The third kappa shape index (κ3) is 2.65. The van der Waals surface area contributed by atoms with E-state index in [-0.39, 0.29) is 0 Å². The fraction of sp³-hybridized carbons (Fsp3) is 0.143. The van der Waals surface area contributed by atoms with Gasteiger partial charge in [-0.2, -0.15) is 0 Å². The minimum Gasteiger partial charge on any atom is -0.293 e. The number of carbonyl (C=O) groups is 1. The number of hydrogen-bond donors (Lipinski definition) is 0. The van der Waals surface area contributed by atoms with Crippen LogP contribution >= 0.6 is 0 Å². The van der Waals surface area contributed by atoms with Gasteiger partial charge in [-0.05, 0) is 19.1 Å². The van der Waals surface area contributed by atoms with Crippen LogP contribution in [0.1, 0.15) is 28.9 Å². The molecule has 5 heteroatoms. The maximum absolute atomic E-state index is 13.5. The maximum Gasteiger partial charge on any atom is 0.177 e. The van der Waals surface area contributed by atoms with E-state index >= 15 is 0 Å². The first-order valence-electron chi connectivity index (χ1n) is 5.60. The van der Waals surface area contributed by atoms with E-state index in [1.54, 1.807) is 18.2 Å². The van der Waals surface area contributed by atoms with E-state index in [1.165, 1.54) is 13.1 Å². The summed E-state index contributed by atoms with van der Waals surface area (Å²) in [5, 5.41) is 0. The van der Waals surface area contributed by atoms with Gasteiger partial charge < -0.3 is 0 Å². The van der Waals surface area contributed by atoms with Crippen LogP contribution in [0.3, 0.4) is 0 Å². The number of halogens is 3. The van der Waals surface area contributed by atoms with E-state index in [0.717, 1.165) is 0 Å². The molecule has 2 nitrogen and oxygen atoms in total. The van der Waals surface area contributed by atoms with E-state index in [0.29, 0.717) is 17.8 Å². The molecule has 0 amide bonds. The Kier molecular flexibility index (Phi) is 3.64. The summed E-state index contributed by atoms with van der Waals surface area (Å²) in [4.78, 5) is 16.0. The highest BCUT2D eigenvalue weighted by Gasteiger charge is 2.25. The minimum atomic E-state index is -1.20. The monoisotopic (exact) mass is 265 g/mol. The quantitative estimate of drug-likeness (QED) is 0.795. The molecule has 0 saturated heterocycles. The Labute approximate surface area is 107 Å². The van der Waals surface area contributed by atoms with E-state index in [1.807, 2.05) is 0 Å². The van der Waals surface area contributed by atoms with E-state index in [2.05, 4.69) is 4.98 Å². The second-order valence-electron chi connectivity index (χ2n) is 4.08. The molecule has 0 radical (unpaired) electrons. The lowest BCUT2D eigenvalue weighted by Gasteiger charge is -2.11. The zero-order valence-corrected chi connectivity index (χ0v) is 10.0. The first-order valence-corrected chi connectivity index (χ1v) is 5.60. The summed E-state index contributed by atoms with van der Waals surface area (Å²) in [5.41, 5.74) is -0.338. The van der Waals surface area contributed by atoms with Gasteiger partial charge in [0.15, 0.2) is 5.78 Å². The third-order valence-corrected chi connectivity index (χ3v) is 2.78. The van der Waals surface area contributed by atoms with E-state index in [9.17, 15) is 18.0 Å². The van der Waals surface area contributed by atoms with Crippen LogP contribution < -0.4 is 0 Å². The van der Waals surface area contributed by atoms with Gasteiger partial charge in [-0.3, -0.25) is 9.78 Å². The van der Waals surface area contributed by atoms with Gasteiger partial charge in [0.05, 0.1) is 17.2 Å². The molecule has 1 aromatic heterocycles. The zero-order chi connectivity index (χ0) is 14.0. The SMILES string of the molecule is CC(C(=O)c1c(F)cc(F)cc1F)c1ccccn1. The molecule has 2 aromatic rings. The molecule has 0 aliphatic carbocycles. The summed E-state index contributed by atoms with van der Waals surface area (Å²) in [5.74, 6) is -5.04. The average molecular weight is 265 g/mol. The number of aromatic nitrogens is 1. The fourth-order valence-electron chi connectivity index (χ4n) is 1.76. The lowest BCUT2D eigenvalue weighted by Crippen LogP contribution is -2.15. The number of pyridine rings is 1. The Morgan fingerprint density at radius 1 is 1.16 bits per heavy atom. The molecule has 0 bridgehead atoms. The second-order valence-corrected chi connectivity index (χ2v) is 4.08. The van der Waals surface area contributed by atoms with Gasteiger partial charge in [-0.1, -0.05) is 6.07 Å². The number of hydrogen-bond acceptors (Lipinski definition) is 2. The number of ketones is 1. The molecule has 98 valence electrons. The van der Waals surface area contributed by atoms with Crippen LogP contribution in [0.5, 0.6) is 0 Å². The lowest BCUT2D eigenvalue weighted by molar-refractivity contribution is 0.0956. The molecule has 0 N–H and O–H groups in total. The standard InChI is InChI=1S/C14H10F3NO/c1-8(12-4-2-3-5-18-12)14(19)13-10(16)6-9(15)7-11(13)17/h2-8H,1H3. The van der Waals surface area contributed by atoms with Crippen molar-refractivity contribution >= 4 is 5.78 Å². The molecule has 0 aliphatic rings. The molecule has 0 saturated carbocycles. The summed E-state index contributed by atoms with van der Waals surface area (Å²) in [7, 11) is 0. The summed E-state index contributed by atoms with van der Waals surface area (Å²) in [6, 6.07) is 5.90. The van der Waals surface area contributed by atoms with Gasteiger partial charge >= 0.3 is 0 Å². The molecular formula is C14H10F3NO. The van der Waals surface area contributed by atoms with Crippen molar-refractivity contribution in [2.75, 3.05) is 0 Å². The Bertz CT molecular complexity index is 590. The van der Waals surface area contributed by atoms with E-state index in [4.69, 9.17) is 0 Å². The van der Waals surface area contributed by atoms with Gasteiger partial charge in [0, 0.05) is 18.3 Å². The molecule has 1 atom stereocenters. The van der Waals surface area contributed by atoms with Gasteiger partial charge in [-0.25, -0.2) is 13.2 Å². The van der Waals surface area contributed by atoms with Crippen LogP contribution in [0, 0.1) is 17.5 Å². The van der Waals surface area contributed by atoms with Crippen LogP contribution in [0.25, 0.3) is 0 Å². The van der Waals surface area contributed by atoms with Crippen molar-refractivity contribution in [1.29, 1.82) is 0 Å². The van der Waals surface area contributed by atoms with Crippen LogP contribution in [0.15, 0.2) is 36.5 Å². The van der Waals surface area contributed by atoms with Crippen molar-refractivity contribution in [3.8, 4) is 0 Å². The van der Waals surface area contributed by atoms with Crippen molar-refractivity contribution in [3.63, 3.8) is 0 Å². The first kappa shape index (κ1) is 13.3. The maximum atomic E-state index is 13.5. The molecule has 0 spiro atoms. The van der Waals surface area contributed by atoms with Gasteiger partial charge in [0.1, 0.15) is 17.5 Å². The van der Waals surface area contributed by atoms with Gasteiger partial charge in [0.2, 0.25) is 0 Å². The normalized spacial score (nSPS) is 12.2. The number of Topliss-reactive ketones (excluding diaryl/α,β-unsaturated/α-hetero) is 1. The number of carbonyl (C=O) groups excluding carboxylic acids is 1. The molecule has 0 fully saturated rings. The molecule has 2 rings (SSSR count). The molecule has 1 aromatic carbocycles. The van der Waals surface area contributed by atoms with Crippen molar-refractivity contribution in [2.24, 2.45) is 0 Å². The predicted molar refractivity (Wildman–Crippen MR) is 63.3 cm³/mol. The van der Waals surface area contributed by atoms with Crippen molar-refractivity contribution in [3.05, 3.63) is 65.2 Å². The molecule has 19 heavy (non-hydrogen) atoms. The van der Waals surface area contributed by atoms with Crippen LogP contribution in [-0.2, 0) is 0 Å². The zero-order valence-electron chi connectivity index (χ0n) is 10.0. The van der Waals surface area contributed by atoms with Crippen molar-refractivity contribution in [1.82, 2.24) is 4.98 Å². The lowest BCUT2D eigenvalue weighted by atomic mass is 9.95. The molecule has 1 unspecified atom stereocenters. The average Bonchev–Trinajstić information content (AvgIpc) is 2.37. The largest absolute Gasteiger partial charge is 0.293 e. The first-order chi connectivity index (χ1) is 9.00. The van der Waals surface area contributed by atoms with Crippen molar-refractivity contribution in [2.45, 2.75) is 12.8 Å². The topological polar surface area (TPSA) is 30.0 Å². The van der Waals surface area contributed by atoms with Gasteiger partial charge in [-0.15, -0.1) is 0 Å². The molecule has 1 heterocycles. The summed E-state index contributed by atoms with van der Waals surface area (Å²) in [6.45, 7) is 1.49. The predicted octanol–water partition coefficient (Wildman–Crippen LogP) is 3.49. The molecular weight excluding hydrogens is 255 g/mol. The number of rotatable bonds is 3. The van der Waals surface area contributed by atoms with Crippen LogP contribution in [0.4, 0.5) is 13.2 Å². The third-order valence-electron chi connectivity index (χ3n) is 2.78. The molecule has 0 aliphatic heterocycles. The second kappa shape index (κ2) is 5.22. The van der Waals surface area contributed by atoms with Crippen LogP contribution in [0.2, 0.25) is 0 Å². The fourth-order valence-corrected chi connectivity index (χ4v) is 1.76. The Hall–Kier alpha value is -2.17. The summed E-state index contributed by atoms with van der Waals surface area (Å²) < 4.78 is 39.8. The Morgan fingerprint density at radius 2 is 1.79 bits per heavy atom. The summed E-state index contributed by atoms with van der Waals surface area (Å²) in [6.07, 6.45) is 1.48. The smallest absolute Gasteiger partial charge is 0.177 e. The number of benzene rings is 1. The highest BCUT2D eigenvalue weighted by Crippen LogP contribution is 2.23. The van der Waals surface area contributed by atoms with Crippen LogP contribution in [-0.4, -0.2) is 10.8 Å². The van der Waals surface area contributed by atoms with Gasteiger partial charge in [0.25, 0.3) is 0 Å². The Morgan fingerprint density at radius 3 is 2.32 bits per heavy atom. The minimum absolute atomic E-state index is 0.399. The number of nitrogens with zero attached hydrogens (tertiary/aromatic N) is 1. The Balaban J connectivity index is 2.40. The van der Waals surface area contributed by atoms with Crippen molar-refractivity contribution < 1.29 is 18.0 Å². The highest BCUT2D eigenvalue weighted by molar-refractivity contribution is 6.00. The summed E-state index contributed by atoms with van der Waals surface area (Å²) >= 11 is 0.